The Labute approximate surface area is 456 Å². The molecule has 79 heavy (non-hydrogen) atoms. The van der Waals surface area contributed by atoms with Crippen LogP contribution < -0.4 is 48.7 Å². The number of nitrogens with two attached hydrogens (primary N) is 2. The van der Waals surface area contributed by atoms with E-state index >= 15 is 0 Å². The summed E-state index contributed by atoms with van der Waals surface area (Å²) in [6, 6.07) is -0.342. The standard InChI is InChI=1S/C53H75N11O15/c1-7-28(6)44(51(76)62-43(27(4)5)53(78)79)63-48(73)36(21-29-14-16-31(66)17-15-29)58-49(74)38(25-65)60-47(72)37(22-30-24-56-34-12-9-8-11-32(30)34)59-46(71)35(18-19-41(68)69)57-50(75)39-13-10-20-64(39)52(77)42(26(2)3)61-45(70)33(54)23-40(55)67/h8-9,11-12,14-17,24,26-28,33,35-39,42-44,56,65-66H,7,10,13,18-23,25,54H2,1-6H3,(H2,55,67)(H,57,75)(H,58,74)(H,59,71)(H,60,72)(H,61,70)(H,62,76)(H,63,73)(H,68,69)(H,78,79)/t28-,33-,35-,36-,37-,38-,39-,42-,43-,44-/m0/s1. The molecule has 0 spiro atoms. The number of aliphatic hydroxyl groups is 1. The highest BCUT2D eigenvalue weighted by Crippen LogP contribution is 2.23. The van der Waals surface area contributed by atoms with Crippen LogP contribution >= 0.6 is 0 Å². The van der Waals surface area contributed by atoms with E-state index in [0.717, 1.165) is 0 Å². The SMILES string of the molecule is CC[C@H](C)[C@H](NC(=O)[C@H](Cc1ccc(O)cc1)NC(=O)[C@H](CO)NC(=O)[C@H](Cc1c[nH]c2ccccc12)NC(=O)[C@H](CCC(=O)O)NC(=O)[C@@H]1CCCN1C(=O)[C@@H](NC(=O)[C@@H](N)CC(N)=O)C(C)C)C(=O)N[C@H](C(=O)O)C(C)C. The van der Waals surface area contributed by atoms with E-state index in [-0.39, 0.29) is 31.6 Å². The van der Waals surface area contributed by atoms with E-state index in [1.54, 1.807) is 72.0 Å². The fraction of sp³-hybridized carbons (Fsp3) is 0.528. The molecule has 1 aliphatic rings. The smallest absolute Gasteiger partial charge is 0.326 e. The minimum absolute atomic E-state index is 0.0627. The third kappa shape index (κ3) is 18.2. The number of carbonyl (C=O) groups is 11. The van der Waals surface area contributed by atoms with Crippen molar-refractivity contribution in [3.8, 4) is 5.75 Å². The van der Waals surface area contributed by atoms with Gasteiger partial charge in [-0.2, -0.15) is 0 Å². The van der Waals surface area contributed by atoms with Gasteiger partial charge in [0.2, 0.25) is 53.2 Å². The van der Waals surface area contributed by atoms with Gasteiger partial charge in [-0.15, -0.1) is 0 Å². The Kier molecular flexibility index (Phi) is 23.7. The zero-order valence-electron chi connectivity index (χ0n) is 45.1. The lowest BCUT2D eigenvalue weighted by molar-refractivity contribution is -0.144. The van der Waals surface area contributed by atoms with Gasteiger partial charge < -0.3 is 79.0 Å². The van der Waals surface area contributed by atoms with Crippen LogP contribution in [-0.4, -0.2) is 163 Å². The number of fused-ring (bicyclic) bond motifs is 1. The zero-order chi connectivity index (χ0) is 58.8. The first-order chi connectivity index (χ1) is 37.3. The number of carbonyl (C=O) groups excluding carboxylic acids is 9. The van der Waals surface area contributed by atoms with Crippen molar-refractivity contribution in [3.05, 3.63) is 65.9 Å². The number of hydrogen-bond donors (Lipinski definition) is 14. The van der Waals surface area contributed by atoms with Gasteiger partial charge >= 0.3 is 11.9 Å². The van der Waals surface area contributed by atoms with Gasteiger partial charge in [0, 0.05) is 42.9 Å². The maximum absolute atomic E-state index is 14.5. The van der Waals surface area contributed by atoms with Gasteiger partial charge in [0.25, 0.3) is 0 Å². The normalized spacial score (nSPS) is 16.7. The van der Waals surface area contributed by atoms with Crippen LogP contribution in [0.4, 0.5) is 0 Å². The molecule has 2 aromatic carbocycles. The molecule has 0 unspecified atom stereocenters. The molecule has 1 aliphatic heterocycles. The van der Waals surface area contributed by atoms with Gasteiger partial charge in [-0.3, -0.25) is 47.9 Å². The van der Waals surface area contributed by atoms with Crippen LogP contribution in [0.1, 0.15) is 91.2 Å². The number of carboxylic acids is 2. The summed E-state index contributed by atoms with van der Waals surface area (Å²) < 4.78 is 0. The number of carboxylic acid groups (broad SMARTS) is 2. The predicted octanol–water partition coefficient (Wildman–Crippen LogP) is -1.45. The molecule has 0 aliphatic carbocycles. The molecule has 10 atom stereocenters. The number of para-hydroxylation sites is 1. The van der Waals surface area contributed by atoms with E-state index in [9.17, 15) is 73.2 Å². The number of rotatable bonds is 30. The average molecular weight is 1110 g/mol. The number of aromatic amines is 1. The molecule has 16 N–H and O–H groups in total. The maximum atomic E-state index is 14.5. The number of primary amides is 1. The number of amides is 9. The Morgan fingerprint density at radius 1 is 0.684 bits per heavy atom. The lowest BCUT2D eigenvalue weighted by atomic mass is 9.95. The summed E-state index contributed by atoms with van der Waals surface area (Å²) in [7, 11) is 0. The van der Waals surface area contributed by atoms with E-state index in [2.05, 4.69) is 42.2 Å². The number of nitrogens with zero attached hydrogens (tertiary/aromatic N) is 1. The fourth-order valence-corrected chi connectivity index (χ4v) is 8.90. The lowest BCUT2D eigenvalue weighted by Gasteiger charge is -2.32. The van der Waals surface area contributed by atoms with E-state index in [0.29, 0.717) is 34.9 Å². The van der Waals surface area contributed by atoms with Crippen LogP contribution in [0.15, 0.2) is 54.7 Å². The number of aromatic hydroxyl groups is 1. The fourth-order valence-electron chi connectivity index (χ4n) is 8.90. The molecular formula is C53H75N11O15. The van der Waals surface area contributed by atoms with Crippen molar-refractivity contribution in [2.24, 2.45) is 29.2 Å². The number of phenols is 1. The van der Waals surface area contributed by atoms with E-state index in [1.807, 2.05) is 0 Å². The number of phenolic OH excluding ortho intramolecular Hbond substituents is 1. The highest BCUT2D eigenvalue weighted by atomic mass is 16.4. The van der Waals surface area contributed by atoms with Crippen LogP contribution in [0.3, 0.4) is 0 Å². The number of benzene rings is 2. The molecule has 0 radical (unpaired) electrons. The van der Waals surface area contributed by atoms with Crippen molar-refractivity contribution >= 4 is 76.0 Å². The van der Waals surface area contributed by atoms with Gasteiger partial charge in [0.1, 0.15) is 54.1 Å². The van der Waals surface area contributed by atoms with E-state index < -0.39 is 163 Å². The molecule has 26 heteroatoms. The Morgan fingerprint density at radius 3 is 1.82 bits per heavy atom. The summed E-state index contributed by atoms with van der Waals surface area (Å²) in [4.78, 5) is 151. The van der Waals surface area contributed by atoms with Gasteiger partial charge in [0.15, 0.2) is 0 Å². The molecule has 0 saturated carbocycles. The Balaban J connectivity index is 1.63. The third-order valence-corrected chi connectivity index (χ3v) is 13.7. The molecule has 1 saturated heterocycles. The first-order valence-corrected chi connectivity index (χ1v) is 26.1. The number of aliphatic carboxylic acids is 2. The zero-order valence-corrected chi connectivity index (χ0v) is 45.1. The van der Waals surface area contributed by atoms with Gasteiger partial charge in [0.05, 0.1) is 19.1 Å². The summed E-state index contributed by atoms with van der Waals surface area (Å²) >= 11 is 0. The molecule has 1 fully saturated rings. The third-order valence-electron chi connectivity index (χ3n) is 13.7. The number of nitrogens with one attached hydrogen (secondary N) is 8. The number of H-pyrrole nitrogens is 1. The number of likely N-dealkylation sites (tertiary alicyclic amines) is 1. The van der Waals surface area contributed by atoms with Crippen molar-refractivity contribution in [3.63, 3.8) is 0 Å². The molecular weight excluding hydrogens is 1030 g/mol. The summed E-state index contributed by atoms with van der Waals surface area (Å²) in [6.45, 7) is 8.87. The first-order valence-electron chi connectivity index (χ1n) is 26.1. The van der Waals surface area contributed by atoms with Crippen molar-refractivity contribution in [2.75, 3.05) is 13.2 Å². The molecule has 26 nitrogen and oxygen atoms in total. The van der Waals surface area contributed by atoms with Crippen LogP contribution in [-0.2, 0) is 65.6 Å². The molecule has 0 bridgehead atoms. The second kappa shape index (κ2) is 29.6. The number of aliphatic hydroxyl groups excluding tert-OH is 1. The van der Waals surface area contributed by atoms with Crippen molar-refractivity contribution < 1.29 is 73.2 Å². The molecule has 9 amide bonds. The van der Waals surface area contributed by atoms with Crippen LogP contribution in [0.25, 0.3) is 10.9 Å². The molecule has 3 aromatic rings. The van der Waals surface area contributed by atoms with Gasteiger partial charge in [-0.25, -0.2) is 4.79 Å². The molecule has 1 aromatic heterocycles. The first kappa shape index (κ1) is 63.4. The Morgan fingerprint density at radius 2 is 1.24 bits per heavy atom. The minimum Gasteiger partial charge on any atom is -0.508 e. The van der Waals surface area contributed by atoms with Crippen molar-refractivity contribution in [1.29, 1.82) is 0 Å². The minimum atomic E-state index is -1.81. The van der Waals surface area contributed by atoms with Crippen LogP contribution in [0.5, 0.6) is 5.75 Å². The summed E-state index contributed by atoms with van der Waals surface area (Å²) in [5, 5.41) is 58.4. The predicted molar refractivity (Wildman–Crippen MR) is 285 cm³/mol. The second-order valence-electron chi connectivity index (χ2n) is 20.4. The van der Waals surface area contributed by atoms with Gasteiger partial charge in [-0.1, -0.05) is 78.3 Å². The van der Waals surface area contributed by atoms with Crippen molar-refractivity contribution in [2.45, 2.75) is 147 Å². The quantitative estimate of drug-likeness (QED) is 0.0363. The van der Waals surface area contributed by atoms with E-state index in [1.165, 1.54) is 29.2 Å². The summed E-state index contributed by atoms with van der Waals surface area (Å²) in [5.74, 6) is -12.4. The summed E-state index contributed by atoms with van der Waals surface area (Å²) in [5.41, 5.74) is 12.6. The van der Waals surface area contributed by atoms with Crippen LogP contribution in [0.2, 0.25) is 0 Å². The Hall–Kier alpha value is -8.13. The topological polar surface area (TPSA) is 424 Å². The van der Waals surface area contributed by atoms with E-state index in [4.69, 9.17) is 11.5 Å². The van der Waals surface area contributed by atoms with Crippen LogP contribution in [0, 0.1) is 17.8 Å². The highest BCUT2D eigenvalue weighted by molar-refractivity contribution is 5.99. The average Bonchev–Trinajstić information content (AvgIpc) is 4.07. The largest absolute Gasteiger partial charge is 0.508 e. The molecule has 2 heterocycles. The Bertz CT molecular complexity index is 2680. The van der Waals surface area contributed by atoms with Crippen molar-refractivity contribution in [1.82, 2.24) is 47.1 Å². The highest BCUT2D eigenvalue weighted by Gasteiger charge is 2.41. The summed E-state index contributed by atoms with van der Waals surface area (Å²) in [6.07, 6.45) is 0.202. The number of aromatic nitrogens is 1. The second-order valence-corrected chi connectivity index (χ2v) is 20.4. The molecule has 432 valence electrons. The van der Waals surface area contributed by atoms with Gasteiger partial charge in [-0.05, 0) is 66.3 Å². The maximum Gasteiger partial charge on any atom is 0.326 e. The number of hydrogen-bond acceptors (Lipinski definition) is 14. The molecule has 4 rings (SSSR count). The lowest BCUT2D eigenvalue weighted by Crippen LogP contribution is -2.62. The monoisotopic (exact) mass is 1110 g/mol.